The molecule has 0 N–H and O–H groups in total. The van der Waals surface area contributed by atoms with Gasteiger partial charge in [0.15, 0.2) is 83.8 Å². The van der Waals surface area contributed by atoms with Crippen LogP contribution < -0.4 is 0 Å². The number of thiol groups is 1. The van der Waals surface area contributed by atoms with Crippen LogP contribution in [-0.4, -0.2) is 82.1 Å². The maximum Gasteiger partial charge on any atom is 0.200 e. The SMILES string of the molecule is C=C(C)[C@@H]1CC[C@@]2(C)O[C@H]2C1.C=C(C)[C@@H]1CC[C@]2(C)S[P@](=S)(Sc3c(F)c(F)c(F)c(F)c3F)O[C@@H]2C1.C=C(C)[C@@H]1CC[C@]2(C)S[P@](=S)(Sc3c(F)c(F)c(F)c(F)c3F)O[C@@H]2C1.C=C(C)[C@@H]1CC[C@]2(C)S[P@](=S)(Sc3c(F)c(F)c(F)c(F)c3F)O[C@@H]2C1.CCN(CC)CC.CP(C)(=S)S. The topological polar surface area (TPSA) is 43.5 Å². The Kier molecular flexibility index (Phi) is 32.0. The van der Waals surface area contributed by atoms with Gasteiger partial charge in [-0.25, -0.2) is 65.9 Å². The summed E-state index contributed by atoms with van der Waals surface area (Å²) in [5, 5.41) is -1.11. The molecule has 0 spiro atoms. The van der Waals surface area contributed by atoms with Crippen molar-refractivity contribution < 1.29 is 84.2 Å². The summed E-state index contributed by atoms with van der Waals surface area (Å²) in [6.45, 7) is 46.1. The van der Waals surface area contributed by atoms with Crippen LogP contribution in [0.4, 0.5) is 65.9 Å². The van der Waals surface area contributed by atoms with Gasteiger partial charge in [0.1, 0.15) is 0 Å². The molecule has 15 atom stereocenters. The number of ether oxygens (including phenoxy) is 1. The number of allylic oxidation sites excluding steroid dienone is 4. The number of nitrogens with zero attached hydrogens (tertiary/aromatic N) is 1. The molecule has 0 radical (unpaired) electrons. The molecule has 0 amide bonds. The first-order valence-corrected chi connectivity index (χ1v) is 53.8. The van der Waals surface area contributed by atoms with E-state index in [2.05, 4.69) is 78.1 Å². The smallest absolute Gasteiger partial charge is 0.200 e. The minimum atomic E-state index is -2.93. The van der Waals surface area contributed by atoms with E-state index >= 15 is 0 Å². The molecule has 4 aliphatic heterocycles. The molecule has 101 heavy (non-hydrogen) atoms. The lowest BCUT2D eigenvalue weighted by atomic mass is 9.77. The lowest BCUT2D eigenvalue weighted by Crippen LogP contribution is -2.39. The second kappa shape index (κ2) is 35.8. The lowest BCUT2D eigenvalue weighted by Gasteiger charge is -2.37. The average Bonchev–Trinajstić information content (AvgIpc) is 1.61. The summed E-state index contributed by atoms with van der Waals surface area (Å²) < 4.78 is 218. The van der Waals surface area contributed by atoms with Crippen molar-refractivity contribution in [2.24, 2.45) is 23.7 Å². The van der Waals surface area contributed by atoms with Crippen LogP contribution >= 0.6 is 99.8 Å². The molecule has 570 valence electrons. The normalized spacial score (nSPS) is 32.8. The van der Waals surface area contributed by atoms with Gasteiger partial charge in [-0.1, -0.05) is 115 Å². The quantitative estimate of drug-likeness (QED) is 0.0336. The Bertz CT molecular complexity index is 3440. The molecule has 4 saturated heterocycles. The zero-order valence-electron chi connectivity index (χ0n) is 58.1. The minimum Gasteiger partial charge on any atom is -0.366 e. The van der Waals surface area contributed by atoms with Crippen molar-refractivity contribution >= 4 is 147 Å². The van der Waals surface area contributed by atoms with Crippen molar-refractivity contribution in [3.63, 3.8) is 0 Å². The van der Waals surface area contributed by atoms with Crippen LogP contribution in [0.1, 0.15) is 153 Å². The van der Waals surface area contributed by atoms with Crippen molar-refractivity contribution in [1.29, 1.82) is 0 Å². The lowest BCUT2D eigenvalue weighted by molar-refractivity contribution is 0.129. The van der Waals surface area contributed by atoms with E-state index < -0.39 is 121 Å². The minimum absolute atomic E-state index is 0.234. The van der Waals surface area contributed by atoms with Crippen LogP contribution in [0.2, 0.25) is 0 Å². The second-order valence-corrected chi connectivity index (χ2v) is 68.4. The van der Waals surface area contributed by atoms with Gasteiger partial charge in [-0.05, 0) is 264 Å². The first-order chi connectivity index (χ1) is 46.4. The van der Waals surface area contributed by atoms with Crippen molar-refractivity contribution in [1.82, 2.24) is 4.90 Å². The van der Waals surface area contributed by atoms with E-state index in [1.165, 1.54) is 78.6 Å². The standard InChI is InChI=1S/3C16H16F5OPS3.C10H16O.C6H15N.C2H7PS2/c3*1-7(2)8-4-5-16(3)9(6-8)22-23(24,26-16)25-15-13(20)11(18)10(17)12(19)14(15)21;1-7(2)8-4-5-10(3)9(6-8)11-10;1-4-7(5-2)6-3;1-3(2,4)5/h3*8-9H,1,4-6H2,2-3H3;8-9H,1,4-6H2,2-3H3;4-6H2,1-3H3;1-2H3,(H,4,5)/t3*8-,9-,16+,23-;8-,9+,10-;;/m1111../s1. The van der Waals surface area contributed by atoms with Gasteiger partial charge < -0.3 is 23.2 Å². The van der Waals surface area contributed by atoms with E-state index in [0.717, 1.165) is 61.2 Å². The molecule has 3 aromatic carbocycles. The van der Waals surface area contributed by atoms with E-state index in [1.807, 2.05) is 54.9 Å². The maximum atomic E-state index is 14.0. The summed E-state index contributed by atoms with van der Waals surface area (Å²) in [7, 11) is 0. The zero-order valence-corrected chi connectivity index (χ0v) is 70.8. The largest absolute Gasteiger partial charge is 0.366 e. The Morgan fingerprint density at radius 1 is 0.436 bits per heavy atom. The highest BCUT2D eigenvalue weighted by molar-refractivity contribution is 9.00. The molecular weight excluding hydrogens is 1630 g/mol. The summed E-state index contributed by atoms with van der Waals surface area (Å²) in [5.74, 6) is -28.0. The molecule has 0 bridgehead atoms. The van der Waals surface area contributed by atoms with Crippen LogP contribution in [0.5, 0.6) is 0 Å². The number of fused-ring (bicyclic) bond motifs is 4. The fourth-order valence-electron chi connectivity index (χ4n) is 12.4. The van der Waals surface area contributed by atoms with Gasteiger partial charge in [-0.15, -0.1) is 12.2 Å². The summed E-state index contributed by atoms with van der Waals surface area (Å²) in [6.07, 6.45) is 10.7. The number of benzene rings is 3. The number of halogens is 15. The number of hydrogen-bond acceptors (Lipinski definition) is 15. The van der Waals surface area contributed by atoms with Crippen molar-refractivity contribution in [2.45, 2.75) is 212 Å². The van der Waals surface area contributed by atoms with Crippen LogP contribution in [0, 0.1) is 111 Å². The Labute approximate surface area is 635 Å². The third-order valence-corrected chi connectivity index (χ3v) is 46.0. The zero-order chi connectivity index (χ0) is 76.6. The molecule has 4 saturated carbocycles. The highest BCUT2D eigenvalue weighted by atomic mass is 33.2. The molecule has 0 unspecified atom stereocenters. The Balaban J connectivity index is 0.000000206. The van der Waals surface area contributed by atoms with E-state index in [9.17, 15) is 65.9 Å². The Morgan fingerprint density at radius 3 is 0.822 bits per heavy atom. The van der Waals surface area contributed by atoms with Gasteiger partial charge >= 0.3 is 0 Å². The molecule has 8 aliphatic rings. The van der Waals surface area contributed by atoms with E-state index in [4.69, 9.17) is 65.5 Å². The molecule has 5 nitrogen and oxygen atoms in total. The van der Waals surface area contributed by atoms with Crippen LogP contribution in [0.15, 0.2) is 63.3 Å². The first-order valence-electron chi connectivity index (χ1n) is 32.3. The average molecular weight is 1720 g/mol. The summed E-state index contributed by atoms with van der Waals surface area (Å²) in [5.41, 5.74) is 4.71. The summed E-state index contributed by atoms with van der Waals surface area (Å²) >= 11 is 30.7. The van der Waals surface area contributed by atoms with Crippen molar-refractivity contribution in [3.05, 3.63) is 136 Å². The predicted molar refractivity (Wildman–Crippen MR) is 412 cm³/mol. The van der Waals surface area contributed by atoms with Gasteiger partial charge in [-0.2, -0.15) is 0 Å². The fourth-order valence-corrected chi connectivity index (χ4v) is 47.6. The van der Waals surface area contributed by atoms with Crippen LogP contribution in [0.25, 0.3) is 0 Å². The maximum absolute atomic E-state index is 14.0. The number of epoxide rings is 1. The van der Waals surface area contributed by atoms with E-state index in [-0.39, 0.29) is 55.9 Å². The van der Waals surface area contributed by atoms with E-state index in [1.54, 1.807) is 0 Å². The predicted octanol–water partition coefficient (Wildman–Crippen LogP) is 26.3. The summed E-state index contributed by atoms with van der Waals surface area (Å²) in [6, 6.07) is 0. The highest BCUT2D eigenvalue weighted by Gasteiger charge is 2.58. The highest BCUT2D eigenvalue weighted by Crippen LogP contribution is 2.85. The summed E-state index contributed by atoms with van der Waals surface area (Å²) in [4.78, 5) is -0.511. The third kappa shape index (κ3) is 22.2. The Hall–Kier alpha value is 0.420. The van der Waals surface area contributed by atoms with Gasteiger partial charge in [0.05, 0.1) is 44.7 Å². The third-order valence-electron chi connectivity index (χ3n) is 19.0. The van der Waals surface area contributed by atoms with Crippen molar-refractivity contribution in [2.75, 3.05) is 33.0 Å². The molecule has 35 heteroatoms. The molecule has 11 rings (SSSR count). The van der Waals surface area contributed by atoms with Gasteiger partial charge in [0, 0.05) is 14.2 Å². The molecule has 0 aromatic heterocycles. The van der Waals surface area contributed by atoms with Crippen molar-refractivity contribution in [3.8, 4) is 0 Å². The van der Waals surface area contributed by atoms with Gasteiger partial charge in [0.25, 0.3) is 0 Å². The van der Waals surface area contributed by atoms with Gasteiger partial charge in [-0.3, -0.25) is 0 Å². The molecule has 3 aromatic rings. The monoisotopic (exact) mass is 1720 g/mol. The first kappa shape index (κ1) is 90.3. The van der Waals surface area contributed by atoms with E-state index in [0.29, 0.717) is 59.5 Å². The number of hydrogen-bond donors (Lipinski definition) is 1. The number of rotatable bonds is 13. The fraction of sp³-hybridized carbons (Fsp3) is 0.606. The van der Waals surface area contributed by atoms with Gasteiger partial charge in [0.2, 0.25) is 17.5 Å². The second-order valence-electron chi connectivity index (χ2n) is 27.4. The Morgan fingerprint density at radius 2 is 0.634 bits per heavy atom. The van der Waals surface area contributed by atoms with Crippen LogP contribution in [-0.2, 0) is 65.5 Å². The molecule has 4 heterocycles. The van der Waals surface area contributed by atoms with Crippen LogP contribution in [0.3, 0.4) is 0 Å². The molecule has 4 aliphatic carbocycles. The molecule has 8 fully saturated rings. The molecular formula is C66H86F15NO4P4S11.